The normalized spacial score (nSPS) is 19.9. The van der Waals surface area contributed by atoms with Crippen molar-refractivity contribution in [3.8, 4) is 5.75 Å². The van der Waals surface area contributed by atoms with Crippen LogP contribution in [0.25, 0.3) is 0 Å². The van der Waals surface area contributed by atoms with Gasteiger partial charge in [-0.05, 0) is 26.0 Å². The minimum Gasteiger partial charge on any atom is -0.481 e. The second-order valence-electron chi connectivity index (χ2n) is 5.03. The molecular weight excluding hydrogens is 274 g/mol. The summed E-state index contributed by atoms with van der Waals surface area (Å²) in [7, 11) is 0. The van der Waals surface area contributed by atoms with Gasteiger partial charge in [0.1, 0.15) is 5.75 Å². The monoisotopic (exact) mass is 293 g/mol. The third-order valence-corrected chi connectivity index (χ3v) is 3.38. The van der Waals surface area contributed by atoms with Crippen molar-refractivity contribution in [3.05, 3.63) is 29.8 Å². The number of rotatable bonds is 4. The number of benzene rings is 1. The Morgan fingerprint density at radius 3 is 2.67 bits per heavy atom. The first-order chi connectivity index (χ1) is 9.99. The summed E-state index contributed by atoms with van der Waals surface area (Å²) in [6.45, 7) is 4.20. The Morgan fingerprint density at radius 2 is 2.05 bits per heavy atom. The molecule has 2 atom stereocenters. The molecule has 1 saturated heterocycles. The topological polar surface area (TPSA) is 76.1 Å². The molecule has 0 radical (unpaired) electrons. The molecule has 1 heterocycles. The Balaban J connectivity index is 2.03. The molecule has 1 N–H and O–H groups in total. The van der Waals surface area contributed by atoms with Gasteiger partial charge >= 0.3 is 5.97 Å². The van der Waals surface area contributed by atoms with Gasteiger partial charge in [-0.25, -0.2) is 4.79 Å². The van der Waals surface area contributed by atoms with Crippen LogP contribution in [0.5, 0.6) is 5.75 Å². The van der Waals surface area contributed by atoms with Crippen molar-refractivity contribution in [1.82, 2.24) is 4.90 Å². The number of ether oxygens (including phenoxy) is 2. The molecule has 0 unspecified atom stereocenters. The second kappa shape index (κ2) is 6.58. The summed E-state index contributed by atoms with van der Waals surface area (Å²) in [6, 6.07) is 6.40. The molecule has 0 saturated carbocycles. The Labute approximate surface area is 123 Å². The van der Waals surface area contributed by atoms with Crippen molar-refractivity contribution in [3.63, 3.8) is 0 Å². The van der Waals surface area contributed by atoms with Gasteiger partial charge < -0.3 is 19.5 Å². The zero-order valence-corrected chi connectivity index (χ0v) is 12.1. The number of carbonyl (C=O) groups excluding carboxylic acids is 1. The quantitative estimate of drug-likeness (QED) is 0.899. The fourth-order valence-electron chi connectivity index (χ4n) is 2.18. The lowest BCUT2D eigenvalue weighted by molar-refractivity contribution is -0.161. The number of carbonyl (C=O) groups is 2. The van der Waals surface area contributed by atoms with Crippen LogP contribution in [-0.4, -0.2) is 53.8 Å². The largest absolute Gasteiger partial charge is 0.481 e. The average molecular weight is 293 g/mol. The highest BCUT2D eigenvalue weighted by Gasteiger charge is 2.35. The second-order valence-corrected chi connectivity index (χ2v) is 5.03. The van der Waals surface area contributed by atoms with E-state index < -0.39 is 18.1 Å². The molecule has 0 aromatic heterocycles. The predicted molar refractivity (Wildman–Crippen MR) is 75.2 cm³/mol. The van der Waals surface area contributed by atoms with Crippen LogP contribution in [0, 0.1) is 6.92 Å². The number of aryl methyl sites for hydroxylation is 1. The van der Waals surface area contributed by atoms with Crippen LogP contribution in [0.4, 0.5) is 0 Å². The molecule has 0 spiro atoms. The van der Waals surface area contributed by atoms with Crippen molar-refractivity contribution in [1.29, 1.82) is 0 Å². The van der Waals surface area contributed by atoms with Crippen molar-refractivity contribution < 1.29 is 24.2 Å². The Hall–Kier alpha value is -2.08. The van der Waals surface area contributed by atoms with E-state index in [4.69, 9.17) is 14.6 Å². The third-order valence-electron chi connectivity index (χ3n) is 3.38. The summed E-state index contributed by atoms with van der Waals surface area (Å²) in [6.07, 6.45) is -0.743. The molecule has 1 aromatic carbocycles. The molecule has 1 aliphatic heterocycles. The number of hydrogen-bond acceptors (Lipinski definition) is 4. The maximum atomic E-state index is 12.4. The van der Waals surface area contributed by atoms with Gasteiger partial charge in [0.25, 0.3) is 5.91 Å². The first kappa shape index (κ1) is 15.3. The fourth-order valence-corrected chi connectivity index (χ4v) is 2.18. The standard InChI is InChI=1S/C15H19NO5/c1-10-3-5-12(6-4-10)21-11(2)14(17)16-7-8-20-9-13(16)15(18)19/h3-6,11,13H,7-9H2,1-2H3,(H,18,19)/t11-,13-/m0/s1. The third kappa shape index (κ3) is 3.72. The lowest BCUT2D eigenvalue weighted by Gasteiger charge is -2.34. The van der Waals surface area contributed by atoms with Crippen molar-refractivity contribution in [2.24, 2.45) is 0 Å². The molecule has 6 heteroatoms. The summed E-state index contributed by atoms with van der Waals surface area (Å²) in [4.78, 5) is 24.8. The van der Waals surface area contributed by atoms with Gasteiger partial charge in [-0.2, -0.15) is 0 Å². The van der Waals surface area contributed by atoms with E-state index in [1.54, 1.807) is 19.1 Å². The van der Waals surface area contributed by atoms with Crippen LogP contribution < -0.4 is 4.74 Å². The smallest absolute Gasteiger partial charge is 0.328 e. The summed E-state index contributed by atoms with van der Waals surface area (Å²) in [5, 5.41) is 9.14. The summed E-state index contributed by atoms with van der Waals surface area (Å²) < 4.78 is 10.7. The summed E-state index contributed by atoms with van der Waals surface area (Å²) in [5.41, 5.74) is 1.10. The van der Waals surface area contributed by atoms with Gasteiger partial charge in [0.15, 0.2) is 12.1 Å². The highest BCUT2D eigenvalue weighted by atomic mass is 16.5. The highest BCUT2D eigenvalue weighted by molar-refractivity contribution is 5.86. The lowest BCUT2D eigenvalue weighted by atomic mass is 10.2. The number of nitrogens with zero attached hydrogens (tertiary/aromatic N) is 1. The maximum absolute atomic E-state index is 12.4. The fraction of sp³-hybridized carbons (Fsp3) is 0.467. The maximum Gasteiger partial charge on any atom is 0.328 e. The van der Waals surface area contributed by atoms with Crippen molar-refractivity contribution in [2.45, 2.75) is 26.0 Å². The van der Waals surface area contributed by atoms with Gasteiger partial charge in [-0.15, -0.1) is 0 Å². The molecule has 2 rings (SSSR count). The molecule has 1 amide bonds. The molecule has 1 aromatic rings. The molecule has 1 fully saturated rings. The number of aliphatic carboxylic acids is 1. The van der Waals surface area contributed by atoms with E-state index in [0.29, 0.717) is 12.4 Å². The Morgan fingerprint density at radius 1 is 1.38 bits per heavy atom. The first-order valence-electron chi connectivity index (χ1n) is 6.83. The van der Waals surface area contributed by atoms with Crippen LogP contribution in [-0.2, 0) is 14.3 Å². The van der Waals surface area contributed by atoms with Gasteiger partial charge in [0.05, 0.1) is 13.2 Å². The molecule has 114 valence electrons. The zero-order chi connectivity index (χ0) is 15.4. The van der Waals surface area contributed by atoms with Crippen molar-refractivity contribution >= 4 is 11.9 Å². The average Bonchev–Trinajstić information content (AvgIpc) is 2.48. The van der Waals surface area contributed by atoms with Crippen molar-refractivity contribution in [2.75, 3.05) is 19.8 Å². The number of morpholine rings is 1. The number of carboxylic acids is 1. The Kier molecular flexibility index (Phi) is 4.80. The first-order valence-corrected chi connectivity index (χ1v) is 6.83. The molecule has 21 heavy (non-hydrogen) atoms. The van der Waals surface area contributed by atoms with Gasteiger partial charge in [0, 0.05) is 6.54 Å². The molecular formula is C15H19NO5. The number of hydrogen-bond donors (Lipinski definition) is 1. The minimum atomic E-state index is -1.06. The predicted octanol–water partition coefficient (Wildman–Crippen LogP) is 1.07. The van der Waals surface area contributed by atoms with E-state index >= 15 is 0 Å². The minimum absolute atomic E-state index is 0.0122. The van der Waals surface area contributed by atoms with E-state index in [1.165, 1.54) is 4.90 Å². The number of carboxylic acid groups (broad SMARTS) is 1. The summed E-state index contributed by atoms with van der Waals surface area (Å²) in [5.74, 6) is -0.821. The van der Waals surface area contributed by atoms with E-state index in [1.807, 2.05) is 19.1 Å². The van der Waals surface area contributed by atoms with Gasteiger partial charge in [-0.3, -0.25) is 4.79 Å². The summed E-state index contributed by atoms with van der Waals surface area (Å²) >= 11 is 0. The van der Waals surface area contributed by atoms with Gasteiger partial charge in [-0.1, -0.05) is 17.7 Å². The van der Waals surface area contributed by atoms with Crippen LogP contribution in [0.15, 0.2) is 24.3 Å². The number of amides is 1. The lowest BCUT2D eigenvalue weighted by Crippen LogP contribution is -2.55. The Bertz CT molecular complexity index is 513. The van der Waals surface area contributed by atoms with E-state index in [-0.39, 0.29) is 19.1 Å². The molecule has 6 nitrogen and oxygen atoms in total. The van der Waals surface area contributed by atoms with Gasteiger partial charge in [0.2, 0.25) is 0 Å². The molecule has 1 aliphatic rings. The van der Waals surface area contributed by atoms with Crippen LogP contribution >= 0.6 is 0 Å². The van der Waals surface area contributed by atoms with E-state index in [9.17, 15) is 9.59 Å². The zero-order valence-electron chi connectivity index (χ0n) is 12.1. The molecule has 0 bridgehead atoms. The SMILES string of the molecule is Cc1ccc(O[C@@H](C)C(=O)N2CCOC[C@H]2C(=O)O)cc1. The van der Waals surface area contributed by atoms with Crippen LogP contribution in [0.3, 0.4) is 0 Å². The van der Waals surface area contributed by atoms with Crippen LogP contribution in [0.2, 0.25) is 0 Å². The van der Waals surface area contributed by atoms with Crippen LogP contribution in [0.1, 0.15) is 12.5 Å². The van der Waals surface area contributed by atoms with E-state index in [0.717, 1.165) is 5.56 Å². The highest BCUT2D eigenvalue weighted by Crippen LogP contribution is 2.16. The van der Waals surface area contributed by atoms with E-state index in [2.05, 4.69) is 0 Å². The molecule has 0 aliphatic carbocycles.